The number of ether oxygens (including phenoxy) is 3. The van der Waals surface area contributed by atoms with Gasteiger partial charge < -0.3 is 14.2 Å². The number of rotatable bonds is 4. The molecule has 0 spiro atoms. The topological polar surface area (TPSA) is 44.8 Å². The van der Waals surface area contributed by atoms with E-state index in [2.05, 4.69) is 6.58 Å². The van der Waals surface area contributed by atoms with Crippen molar-refractivity contribution < 1.29 is 19.0 Å². The largest absolute Gasteiger partial charge is 0.454 e. The fourth-order valence-corrected chi connectivity index (χ4v) is 2.82. The van der Waals surface area contributed by atoms with Crippen molar-refractivity contribution in [3.8, 4) is 0 Å². The Morgan fingerprint density at radius 1 is 1.42 bits per heavy atom. The highest BCUT2D eigenvalue weighted by molar-refractivity contribution is 5.81. The SMILES string of the molecule is C=CC(=O)OCC1=C(C)OC(C)(C2CCCCC2)O1. The second kappa shape index (κ2) is 5.68. The van der Waals surface area contributed by atoms with Crippen LogP contribution >= 0.6 is 0 Å². The van der Waals surface area contributed by atoms with Gasteiger partial charge in [-0.1, -0.05) is 25.8 Å². The molecule has 0 N–H and O–H groups in total. The Labute approximate surface area is 114 Å². The lowest BCUT2D eigenvalue weighted by molar-refractivity contribution is -0.188. The predicted octanol–water partition coefficient (Wildman–Crippen LogP) is 3.29. The Kier molecular flexibility index (Phi) is 4.17. The lowest BCUT2D eigenvalue weighted by Crippen LogP contribution is -2.38. The van der Waals surface area contributed by atoms with E-state index >= 15 is 0 Å². The maximum Gasteiger partial charge on any atom is 0.330 e. The van der Waals surface area contributed by atoms with E-state index in [1.54, 1.807) is 0 Å². The Morgan fingerprint density at radius 2 is 2.11 bits per heavy atom. The van der Waals surface area contributed by atoms with E-state index < -0.39 is 11.8 Å². The first-order valence-electron chi connectivity index (χ1n) is 6.92. The van der Waals surface area contributed by atoms with Gasteiger partial charge in [0.2, 0.25) is 0 Å². The van der Waals surface area contributed by atoms with Crippen LogP contribution in [0.4, 0.5) is 0 Å². The minimum Gasteiger partial charge on any atom is -0.454 e. The van der Waals surface area contributed by atoms with Crippen LogP contribution in [-0.4, -0.2) is 18.4 Å². The molecule has 1 aliphatic heterocycles. The lowest BCUT2D eigenvalue weighted by atomic mass is 9.84. The minimum absolute atomic E-state index is 0.110. The molecular formula is C15H22O4. The summed E-state index contributed by atoms with van der Waals surface area (Å²) in [7, 11) is 0. The van der Waals surface area contributed by atoms with Crippen molar-refractivity contribution in [2.45, 2.75) is 51.7 Å². The van der Waals surface area contributed by atoms with E-state index in [1.807, 2.05) is 13.8 Å². The van der Waals surface area contributed by atoms with Crippen molar-refractivity contribution in [3.63, 3.8) is 0 Å². The van der Waals surface area contributed by atoms with Crippen molar-refractivity contribution in [3.05, 3.63) is 24.2 Å². The summed E-state index contributed by atoms with van der Waals surface area (Å²) in [6, 6.07) is 0. The van der Waals surface area contributed by atoms with Crippen LogP contribution in [0.3, 0.4) is 0 Å². The van der Waals surface area contributed by atoms with Crippen LogP contribution in [0.1, 0.15) is 46.0 Å². The zero-order chi connectivity index (χ0) is 13.9. The maximum atomic E-state index is 11.1. The number of carbonyl (C=O) groups excluding carboxylic acids is 1. The molecule has 1 fully saturated rings. The van der Waals surface area contributed by atoms with Crippen LogP contribution < -0.4 is 0 Å². The summed E-state index contributed by atoms with van der Waals surface area (Å²) in [5.74, 6) is 0.688. The molecule has 19 heavy (non-hydrogen) atoms. The molecule has 1 unspecified atom stereocenters. The first-order valence-corrected chi connectivity index (χ1v) is 6.92. The highest BCUT2D eigenvalue weighted by Crippen LogP contribution is 2.42. The minimum atomic E-state index is -0.597. The first-order chi connectivity index (χ1) is 9.05. The maximum absolute atomic E-state index is 11.1. The van der Waals surface area contributed by atoms with Gasteiger partial charge in [-0.15, -0.1) is 0 Å². The molecule has 0 saturated heterocycles. The van der Waals surface area contributed by atoms with Crippen LogP contribution in [0.2, 0.25) is 0 Å². The third-order valence-corrected chi connectivity index (χ3v) is 3.93. The van der Waals surface area contributed by atoms with Gasteiger partial charge in [0, 0.05) is 18.9 Å². The zero-order valence-corrected chi connectivity index (χ0v) is 11.7. The van der Waals surface area contributed by atoms with E-state index in [9.17, 15) is 4.79 Å². The number of esters is 1. The van der Waals surface area contributed by atoms with Gasteiger partial charge >= 0.3 is 5.97 Å². The van der Waals surface area contributed by atoms with Gasteiger partial charge in [0.15, 0.2) is 12.4 Å². The van der Waals surface area contributed by atoms with Gasteiger partial charge in [-0.3, -0.25) is 0 Å². The summed E-state index contributed by atoms with van der Waals surface area (Å²) in [6.45, 7) is 7.31. The second-order valence-corrected chi connectivity index (χ2v) is 5.35. The van der Waals surface area contributed by atoms with E-state index in [4.69, 9.17) is 14.2 Å². The molecule has 4 heteroatoms. The van der Waals surface area contributed by atoms with Gasteiger partial charge in [0.1, 0.15) is 5.76 Å². The number of allylic oxidation sites excluding steroid dienone is 1. The molecule has 1 aliphatic carbocycles. The predicted molar refractivity (Wildman–Crippen MR) is 71.0 cm³/mol. The molecule has 0 radical (unpaired) electrons. The standard InChI is InChI=1S/C15H22O4/c1-4-14(16)17-10-13-11(2)18-15(3,19-13)12-8-6-5-7-9-12/h4,12H,1,5-10H2,2-3H3. The molecule has 0 aromatic heterocycles. The quantitative estimate of drug-likeness (QED) is 0.578. The van der Waals surface area contributed by atoms with Crippen molar-refractivity contribution in [2.24, 2.45) is 5.92 Å². The molecule has 2 aliphatic rings. The third-order valence-electron chi connectivity index (χ3n) is 3.93. The molecule has 0 aromatic rings. The van der Waals surface area contributed by atoms with Crippen molar-refractivity contribution >= 4 is 5.97 Å². The van der Waals surface area contributed by atoms with Crippen LogP contribution in [0.5, 0.6) is 0 Å². The fourth-order valence-electron chi connectivity index (χ4n) is 2.82. The summed E-state index contributed by atoms with van der Waals surface area (Å²) in [5, 5.41) is 0. The average Bonchev–Trinajstić information content (AvgIpc) is 2.73. The normalized spacial score (nSPS) is 27.7. The van der Waals surface area contributed by atoms with Gasteiger partial charge in [0.05, 0.1) is 0 Å². The molecule has 1 atom stereocenters. The van der Waals surface area contributed by atoms with E-state index in [0.717, 1.165) is 18.9 Å². The molecule has 4 nitrogen and oxygen atoms in total. The molecule has 1 heterocycles. The monoisotopic (exact) mass is 266 g/mol. The van der Waals surface area contributed by atoms with Crippen LogP contribution in [0.15, 0.2) is 24.2 Å². The molecule has 2 rings (SSSR count). The number of hydrogen-bond acceptors (Lipinski definition) is 4. The second-order valence-electron chi connectivity index (χ2n) is 5.35. The molecule has 106 valence electrons. The zero-order valence-electron chi connectivity index (χ0n) is 11.7. The van der Waals surface area contributed by atoms with Gasteiger partial charge in [-0.05, 0) is 19.8 Å². The van der Waals surface area contributed by atoms with Crippen molar-refractivity contribution in [2.75, 3.05) is 6.61 Å². The number of carbonyl (C=O) groups is 1. The molecule has 0 amide bonds. The van der Waals surface area contributed by atoms with Crippen molar-refractivity contribution in [1.29, 1.82) is 0 Å². The van der Waals surface area contributed by atoms with Crippen LogP contribution in [0, 0.1) is 5.92 Å². The molecular weight excluding hydrogens is 244 g/mol. The summed E-state index contributed by atoms with van der Waals surface area (Å²) in [4.78, 5) is 11.1. The third kappa shape index (κ3) is 3.11. The van der Waals surface area contributed by atoms with Gasteiger partial charge in [0.25, 0.3) is 5.79 Å². The Balaban J connectivity index is 1.95. The smallest absolute Gasteiger partial charge is 0.330 e. The van der Waals surface area contributed by atoms with E-state index in [-0.39, 0.29) is 6.61 Å². The molecule has 1 saturated carbocycles. The van der Waals surface area contributed by atoms with E-state index in [0.29, 0.717) is 17.4 Å². The Bertz CT molecular complexity index is 393. The van der Waals surface area contributed by atoms with Crippen molar-refractivity contribution in [1.82, 2.24) is 0 Å². The Morgan fingerprint density at radius 3 is 2.74 bits per heavy atom. The van der Waals surface area contributed by atoms with E-state index in [1.165, 1.54) is 19.3 Å². The summed E-state index contributed by atoms with van der Waals surface area (Å²) >= 11 is 0. The highest BCUT2D eigenvalue weighted by Gasteiger charge is 2.44. The highest BCUT2D eigenvalue weighted by atomic mass is 16.7. The Hall–Kier alpha value is -1.45. The van der Waals surface area contributed by atoms with Crippen LogP contribution in [0.25, 0.3) is 0 Å². The fraction of sp³-hybridized carbons (Fsp3) is 0.667. The first kappa shape index (κ1) is 14.0. The number of hydrogen-bond donors (Lipinski definition) is 0. The van der Waals surface area contributed by atoms with Gasteiger partial charge in [-0.25, -0.2) is 4.79 Å². The molecule has 0 bridgehead atoms. The summed E-state index contributed by atoms with van der Waals surface area (Å²) in [6.07, 6.45) is 7.15. The molecule has 0 aromatic carbocycles. The summed E-state index contributed by atoms with van der Waals surface area (Å²) < 4.78 is 16.9. The average molecular weight is 266 g/mol. The lowest BCUT2D eigenvalue weighted by Gasteiger charge is -2.35. The summed E-state index contributed by atoms with van der Waals surface area (Å²) in [5.41, 5.74) is 0. The van der Waals surface area contributed by atoms with Gasteiger partial charge in [-0.2, -0.15) is 0 Å². The van der Waals surface area contributed by atoms with Crippen LogP contribution in [-0.2, 0) is 19.0 Å².